The minimum Gasteiger partial charge on any atom is 0 e. The molecular weight excluding hydrogens is 342 g/mol. The number of hydrogen-bond donors (Lipinski definition) is 0. The fourth-order valence-corrected chi connectivity index (χ4v) is 0. The van der Waals surface area contributed by atoms with Crippen LogP contribution in [0.25, 0.3) is 0 Å². The summed E-state index contributed by atoms with van der Waals surface area (Å²) in [5, 5.41) is 0. The second-order valence-corrected chi connectivity index (χ2v) is 0. The van der Waals surface area contributed by atoms with Crippen molar-refractivity contribution in [1.82, 2.24) is 0 Å². The van der Waals surface area contributed by atoms with Gasteiger partial charge in [0.05, 0.1) is 0 Å². The molecule has 0 amide bonds. The van der Waals surface area contributed by atoms with Crippen LogP contribution in [0.4, 0.5) is 0 Å². The summed E-state index contributed by atoms with van der Waals surface area (Å²) in [5.74, 6) is 0. The van der Waals surface area contributed by atoms with E-state index in [0.717, 1.165) is 0 Å². The Morgan fingerprint density at radius 2 is 1.00 bits per heavy atom. The third kappa shape index (κ3) is 8.89. The summed E-state index contributed by atoms with van der Waals surface area (Å²) < 4.78 is 0. The molecule has 0 bridgehead atoms. The van der Waals surface area contributed by atoms with Gasteiger partial charge in [0.25, 0.3) is 0 Å². The molecule has 0 aromatic rings. The third-order valence-corrected chi connectivity index (χ3v) is 0. The van der Waals surface area contributed by atoms with E-state index in [1.807, 2.05) is 0 Å². The topological polar surface area (TPSA) is 0 Å². The van der Waals surface area contributed by atoms with Crippen LogP contribution in [0.3, 0.4) is 0 Å². The minimum atomic E-state index is 0. The zero-order chi connectivity index (χ0) is 0. The molecule has 0 aliphatic rings. The molecule has 0 aromatic carbocycles. The van der Waals surface area contributed by atoms with E-state index in [4.69, 9.17) is 0 Å². The van der Waals surface area contributed by atoms with Gasteiger partial charge < -0.3 is 0 Å². The maximum atomic E-state index is 0. The standard InChI is InChI=1S/B.Co.Ta.Zr. The fourth-order valence-electron chi connectivity index (χ4n) is 0. The summed E-state index contributed by atoms with van der Waals surface area (Å²) in [6.45, 7) is 0. The van der Waals surface area contributed by atoms with Gasteiger partial charge >= 0.3 is 0 Å². The molecule has 0 aliphatic heterocycles. The molecule has 0 saturated heterocycles. The van der Waals surface area contributed by atoms with Crippen LogP contribution in [0.15, 0.2) is 0 Å². The molecule has 0 aromatic heterocycles. The Bertz CT molecular complexity index is 8.00. The van der Waals surface area contributed by atoms with Crippen molar-refractivity contribution in [3.05, 3.63) is 0 Å². The largest absolute Gasteiger partial charge is 0 e. The van der Waals surface area contributed by atoms with Crippen molar-refractivity contribution in [2.75, 3.05) is 0 Å². The predicted molar refractivity (Wildman–Crippen MR) is 5.75 cm³/mol. The van der Waals surface area contributed by atoms with Gasteiger partial charge in [-0.15, -0.1) is 0 Å². The Hall–Kier alpha value is 2.19. The van der Waals surface area contributed by atoms with Crippen LogP contribution < -0.4 is 0 Å². The average molecular weight is 342 g/mol. The Balaban J connectivity index is 0. The number of hydrogen-bond acceptors (Lipinski definition) is 0. The van der Waals surface area contributed by atoms with Crippen LogP contribution >= 0.6 is 0 Å². The van der Waals surface area contributed by atoms with E-state index in [1.165, 1.54) is 0 Å². The normalized spacial score (nSPS) is 0. The minimum absolute atomic E-state index is 0. The van der Waals surface area contributed by atoms with E-state index in [-0.39, 0.29) is 73.8 Å². The van der Waals surface area contributed by atoms with E-state index < -0.39 is 0 Å². The summed E-state index contributed by atoms with van der Waals surface area (Å²) in [5.41, 5.74) is 0. The SMILES string of the molecule is [B].[Co].[Ta].[Zr]. The smallest absolute Gasteiger partial charge is 0 e. The summed E-state index contributed by atoms with van der Waals surface area (Å²) in [4.78, 5) is 0. The molecule has 0 nitrogen and oxygen atoms in total. The van der Waals surface area contributed by atoms with Gasteiger partial charge in [0.1, 0.15) is 0 Å². The first-order chi connectivity index (χ1) is 0. The molecule has 0 fully saturated rings. The molecule has 0 unspecified atom stereocenters. The van der Waals surface area contributed by atoms with Crippen molar-refractivity contribution < 1.29 is 65.4 Å². The second kappa shape index (κ2) is 19.0. The summed E-state index contributed by atoms with van der Waals surface area (Å²) in [7, 11) is 0. The van der Waals surface area contributed by atoms with Gasteiger partial charge in [0.2, 0.25) is 0 Å². The van der Waals surface area contributed by atoms with Gasteiger partial charge in [-0.1, -0.05) is 0 Å². The van der Waals surface area contributed by atoms with E-state index >= 15 is 0 Å². The Morgan fingerprint density at radius 1 is 1.00 bits per heavy atom. The van der Waals surface area contributed by atoms with Crippen LogP contribution in [0.2, 0.25) is 0 Å². The van der Waals surface area contributed by atoms with Crippen molar-refractivity contribution >= 4 is 8.41 Å². The van der Waals surface area contributed by atoms with E-state index in [0.29, 0.717) is 0 Å². The molecule has 4 heteroatoms. The monoisotopic (exact) mass is 341 g/mol. The van der Waals surface area contributed by atoms with E-state index in [9.17, 15) is 0 Å². The summed E-state index contributed by atoms with van der Waals surface area (Å²) in [6, 6.07) is 0. The van der Waals surface area contributed by atoms with Gasteiger partial charge in [-0.25, -0.2) is 0 Å². The molecule has 0 heterocycles. The Labute approximate surface area is 72.9 Å². The van der Waals surface area contributed by atoms with Crippen LogP contribution in [0, 0.1) is 0 Å². The molecule has 0 saturated carbocycles. The first kappa shape index (κ1) is 34.7. The van der Waals surface area contributed by atoms with Gasteiger partial charge in [0, 0.05) is 73.8 Å². The molecule has 0 spiro atoms. The molecular formula is BCoTaZr. The van der Waals surface area contributed by atoms with Crippen molar-refractivity contribution in [2.45, 2.75) is 0 Å². The molecule has 5 radical (unpaired) electrons. The average Bonchev–Trinajstić information content (AvgIpc) is 0. The summed E-state index contributed by atoms with van der Waals surface area (Å²) in [6.07, 6.45) is 0. The predicted octanol–water partition coefficient (Wildman–Crippen LogP) is -0.388. The summed E-state index contributed by atoms with van der Waals surface area (Å²) >= 11 is 0. The van der Waals surface area contributed by atoms with Crippen LogP contribution in [0.5, 0.6) is 0 Å². The first-order valence-electron chi connectivity index (χ1n) is 0. The third-order valence-electron chi connectivity index (χ3n) is 0. The zero-order valence-corrected chi connectivity index (χ0v) is 8.57. The second-order valence-electron chi connectivity index (χ2n) is 0. The van der Waals surface area contributed by atoms with E-state index in [1.54, 1.807) is 0 Å². The quantitative estimate of drug-likeness (QED) is 0.527. The van der Waals surface area contributed by atoms with Crippen LogP contribution in [-0.2, 0) is 65.4 Å². The van der Waals surface area contributed by atoms with Crippen molar-refractivity contribution in [3.8, 4) is 0 Å². The Kier molecular flexibility index (Phi) is 165. The first-order valence-corrected chi connectivity index (χ1v) is 0. The molecule has 21 valence electrons. The molecule has 0 atom stereocenters. The maximum Gasteiger partial charge on any atom is 0 e. The maximum absolute atomic E-state index is 0. The van der Waals surface area contributed by atoms with Crippen molar-refractivity contribution in [3.63, 3.8) is 0 Å². The van der Waals surface area contributed by atoms with Crippen molar-refractivity contribution in [1.29, 1.82) is 0 Å². The molecule has 0 N–H and O–H groups in total. The van der Waals surface area contributed by atoms with Crippen molar-refractivity contribution in [2.24, 2.45) is 0 Å². The van der Waals surface area contributed by atoms with Gasteiger partial charge in [0.15, 0.2) is 0 Å². The Morgan fingerprint density at radius 3 is 1.00 bits per heavy atom. The fraction of sp³-hybridized carbons (Fsp3) is 0. The number of rotatable bonds is 0. The van der Waals surface area contributed by atoms with Gasteiger partial charge in [-0.2, -0.15) is 0 Å². The van der Waals surface area contributed by atoms with Crippen LogP contribution in [-0.4, -0.2) is 8.41 Å². The molecule has 0 rings (SSSR count). The van der Waals surface area contributed by atoms with E-state index in [2.05, 4.69) is 0 Å². The molecule has 4 heavy (non-hydrogen) atoms. The van der Waals surface area contributed by atoms with Gasteiger partial charge in [-0.05, 0) is 0 Å². The van der Waals surface area contributed by atoms with Gasteiger partial charge in [-0.3, -0.25) is 0 Å². The molecule has 0 aliphatic carbocycles. The zero-order valence-electron chi connectivity index (χ0n) is 1.86. The van der Waals surface area contributed by atoms with Crippen LogP contribution in [0.1, 0.15) is 0 Å².